The van der Waals surface area contributed by atoms with Gasteiger partial charge in [-0.05, 0) is 51.6 Å². The highest BCUT2D eigenvalue weighted by Gasteiger charge is 2.13. The highest BCUT2D eigenvalue weighted by atomic mass is 127. The molecule has 1 aromatic heterocycles. The van der Waals surface area contributed by atoms with E-state index in [9.17, 15) is 4.79 Å². The van der Waals surface area contributed by atoms with Crippen molar-refractivity contribution < 1.29 is 4.79 Å². The summed E-state index contributed by atoms with van der Waals surface area (Å²) in [5.74, 6) is 0.358. The van der Waals surface area contributed by atoms with E-state index in [2.05, 4.69) is 47.8 Å². The molecule has 0 atom stereocenters. The van der Waals surface area contributed by atoms with E-state index in [-0.39, 0.29) is 5.91 Å². The molecule has 1 heterocycles. The molecule has 0 aliphatic heterocycles. The first-order valence-corrected chi connectivity index (χ1v) is 7.68. The Labute approximate surface area is 125 Å². The zero-order valence-electron chi connectivity index (χ0n) is 10.2. The van der Waals surface area contributed by atoms with E-state index < -0.39 is 0 Å². The van der Waals surface area contributed by atoms with Crippen molar-refractivity contribution in [1.82, 2.24) is 0 Å². The van der Waals surface area contributed by atoms with Gasteiger partial charge in [-0.2, -0.15) is 0 Å². The number of nitrogens with one attached hydrogen (secondary N) is 1. The minimum absolute atomic E-state index is 0.0336. The fourth-order valence-corrected chi connectivity index (χ4v) is 3.24. The van der Waals surface area contributed by atoms with Gasteiger partial charge in [0.05, 0.1) is 8.45 Å². The first-order valence-electron chi connectivity index (χ1n) is 5.73. The van der Waals surface area contributed by atoms with Crippen molar-refractivity contribution in [2.45, 2.75) is 19.8 Å². The molecule has 0 fully saturated rings. The minimum Gasteiger partial charge on any atom is -0.322 e. The Morgan fingerprint density at radius 3 is 2.61 bits per heavy atom. The van der Waals surface area contributed by atoms with Crippen LogP contribution in [0.2, 0.25) is 0 Å². The molecule has 18 heavy (non-hydrogen) atoms. The van der Waals surface area contributed by atoms with Crippen LogP contribution in [0.1, 0.15) is 35.7 Å². The number of anilines is 1. The maximum Gasteiger partial charge on any atom is 0.257 e. The lowest BCUT2D eigenvalue weighted by Gasteiger charge is -2.13. The topological polar surface area (TPSA) is 29.1 Å². The third kappa shape index (κ3) is 2.92. The maximum atomic E-state index is 12.2. The molecule has 0 saturated carbocycles. The van der Waals surface area contributed by atoms with Crippen molar-refractivity contribution >= 4 is 45.5 Å². The zero-order valence-corrected chi connectivity index (χ0v) is 13.2. The second-order valence-electron chi connectivity index (χ2n) is 4.30. The van der Waals surface area contributed by atoms with Crippen LogP contribution in [0.4, 0.5) is 5.69 Å². The van der Waals surface area contributed by atoms with Crippen molar-refractivity contribution in [2.75, 3.05) is 5.32 Å². The monoisotopic (exact) mass is 371 g/mol. The Hall–Kier alpha value is -0.880. The summed E-state index contributed by atoms with van der Waals surface area (Å²) >= 11 is 3.77. The quantitative estimate of drug-likeness (QED) is 0.777. The van der Waals surface area contributed by atoms with Gasteiger partial charge >= 0.3 is 0 Å². The van der Waals surface area contributed by atoms with Gasteiger partial charge in [-0.3, -0.25) is 4.79 Å². The van der Waals surface area contributed by atoms with Gasteiger partial charge in [-0.15, -0.1) is 11.3 Å². The van der Waals surface area contributed by atoms with E-state index in [1.807, 2.05) is 29.6 Å². The van der Waals surface area contributed by atoms with E-state index >= 15 is 0 Å². The molecule has 2 nitrogen and oxygen atoms in total. The standard InChI is InChI=1S/C14H14INOS/c1-9(2)10-5-3-4-6-12(10)16-14(17)11-7-8-18-13(11)15/h3-9H,1-2H3,(H,16,17). The SMILES string of the molecule is CC(C)c1ccccc1NC(=O)c1ccsc1I. The molecule has 2 aromatic rings. The van der Waals surface area contributed by atoms with Crippen LogP contribution in [0.25, 0.3) is 0 Å². The molecule has 0 unspecified atom stereocenters. The lowest BCUT2D eigenvalue weighted by atomic mass is 10.0. The summed E-state index contributed by atoms with van der Waals surface area (Å²) in [6.07, 6.45) is 0. The number of thiophene rings is 1. The van der Waals surface area contributed by atoms with Gasteiger partial charge in [0, 0.05) is 5.69 Å². The van der Waals surface area contributed by atoms with Crippen LogP contribution in [-0.2, 0) is 0 Å². The lowest BCUT2D eigenvalue weighted by molar-refractivity contribution is 0.102. The van der Waals surface area contributed by atoms with Crippen molar-refractivity contribution in [3.63, 3.8) is 0 Å². The summed E-state index contributed by atoms with van der Waals surface area (Å²) in [5, 5.41) is 4.93. The Kier molecular flexibility index (Phi) is 4.40. The number of carbonyl (C=O) groups is 1. The molecular formula is C14H14INOS. The van der Waals surface area contributed by atoms with Gasteiger partial charge in [-0.25, -0.2) is 0 Å². The molecule has 0 aliphatic rings. The summed E-state index contributed by atoms with van der Waals surface area (Å²) in [6.45, 7) is 4.25. The molecule has 1 amide bonds. The Balaban J connectivity index is 2.25. The second kappa shape index (κ2) is 5.84. The van der Waals surface area contributed by atoms with E-state index in [0.29, 0.717) is 5.92 Å². The highest BCUT2D eigenvalue weighted by molar-refractivity contribution is 14.1. The Morgan fingerprint density at radius 2 is 2.00 bits per heavy atom. The van der Waals surface area contributed by atoms with Gasteiger partial charge in [-0.1, -0.05) is 32.0 Å². The van der Waals surface area contributed by atoms with E-state index in [0.717, 1.165) is 19.7 Å². The number of halogens is 1. The molecule has 0 bridgehead atoms. The molecule has 2 rings (SSSR count). The molecule has 4 heteroatoms. The van der Waals surface area contributed by atoms with Crippen LogP contribution in [0, 0.1) is 2.88 Å². The number of para-hydroxylation sites is 1. The van der Waals surface area contributed by atoms with Crippen LogP contribution < -0.4 is 5.32 Å². The van der Waals surface area contributed by atoms with E-state index in [1.165, 1.54) is 0 Å². The van der Waals surface area contributed by atoms with Gasteiger partial charge in [0.1, 0.15) is 0 Å². The fraction of sp³-hybridized carbons (Fsp3) is 0.214. The molecule has 1 N–H and O–H groups in total. The van der Waals surface area contributed by atoms with Crippen LogP contribution in [0.3, 0.4) is 0 Å². The van der Waals surface area contributed by atoms with Gasteiger partial charge in [0.2, 0.25) is 0 Å². The van der Waals surface area contributed by atoms with E-state index in [1.54, 1.807) is 11.3 Å². The first-order chi connectivity index (χ1) is 8.59. The van der Waals surface area contributed by atoms with Crippen molar-refractivity contribution in [3.8, 4) is 0 Å². The van der Waals surface area contributed by atoms with Gasteiger partial charge in [0.25, 0.3) is 5.91 Å². The fourth-order valence-electron chi connectivity index (χ4n) is 1.76. The van der Waals surface area contributed by atoms with Gasteiger partial charge < -0.3 is 5.32 Å². The average Bonchev–Trinajstić information content (AvgIpc) is 2.76. The smallest absolute Gasteiger partial charge is 0.257 e. The van der Waals surface area contributed by atoms with Crippen LogP contribution in [-0.4, -0.2) is 5.91 Å². The number of benzene rings is 1. The molecular weight excluding hydrogens is 357 g/mol. The largest absolute Gasteiger partial charge is 0.322 e. The molecule has 0 saturated heterocycles. The number of carbonyl (C=O) groups excluding carboxylic acids is 1. The van der Waals surface area contributed by atoms with Crippen LogP contribution >= 0.6 is 33.9 Å². The highest BCUT2D eigenvalue weighted by Crippen LogP contribution is 2.25. The Bertz CT molecular complexity index is 562. The molecule has 94 valence electrons. The number of amides is 1. The predicted octanol–water partition coefficient (Wildman–Crippen LogP) is 4.73. The summed E-state index contributed by atoms with van der Waals surface area (Å²) < 4.78 is 1.02. The summed E-state index contributed by atoms with van der Waals surface area (Å²) in [4.78, 5) is 12.2. The van der Waals surface area contributed by atoms with Crippen molar-refractivity contribution in [1.29, 1.82) is 0 Å². The van der Waals surface area contributed by atoms with Crippen LogP contribution in [0.15, 0.2) is 35.7 Å². The second-order valence-corrected chi connectivity index (χ2v) is 7.03. The van der Waals surface area contributed by atoms with Crippen molar-refractivity contribution in [3.05, 3.63) is 49.7 Å². The van der Waals surface area contributed by atoms with Crippen molar-refractivity contribution in [2.24, 2.45) is 0 Å². The normalized spacial score (nSPS) is 10.7. The predicted molar refractivity (Wildman–Crippen MR) is 85.5 cm³/mol. The number of hydrogen-bond donors (Lipinski definition) is 1. The van der Waals surface area contributed by atoms with Crippen LogP contribution in [0.5, 0.6) is 0 Å². The summed E-state index contributed by atoms with van der Waals surface area (Å²) in [6, 6.07) is 9.81. The number of rotatable bonds is 3. The lowest BCUT2D eigenvalue weighted by Crippen LogP contribution is -2.13. The molecule has 0 spiro atoms. The summed E-state index contributed by atoms with van der Waals surface area (Å²) in [5.41, 5.74) is 2.81. The molecule has 0 aliphatic carbocycles. The minimum atomic E-state index is -0.0336. The Morgan fingerprint density at radius 1 is 1.28 bits per heavy atom. The first kappa shape index (κ1) is 13.5. The van der Waals surface area contributed by atoms with E-state index in [4.69, 9.17) is 0 Å². The number of hydrogen-bond acceptors (Lipinski definition) is 2. The third-order valence-electron chi connectivity index (χ3n) is 2.69. The van der Waals surface area contributed by atoms with Gasteiger partial charge in [0.15, 0.2) is 0 Å². The third-order valence-corrected chi connectivity index (χ3v) is 4.74. The zero-order chi connectivity index (χ0) is 13.1. The molecule has 0 radical (unpaired) electrons. The average molecular weight is 371 g/mol. The summed E-state index contributed by atoms with van der Waals surface area (Å²) in [7, 11) is 0. The maximum absolute atomic E-state index is 12.2. The molecule has 1 aromatic carbocycles.